The number of sulfonamides is 1. The van der Waals surface area contributed by atoms with Crippen molar-refractivity contribution in [2.24, 2.45) is 0 Å². The van der Waals surface area contributed by atoms with Crippen molar-refractivity contribution in [2.45, 2.75) is 18.4 Å². The van der Waals surface area contributed by atoms with E-state index < -0.39 is 15.8 Å². The van der Waals surface area contributed by atoms with Gasteiger partial charge in [0.05, 0.1) is 10.4 Å². The summed E-state index contributed by atoms with van der Waals surface area (Å²) in [6, 6.07) is 20.7. The summed E-state index contributed by atoms with van der Waals surface area (Å²) in [5.41, 5.74) is 3.68. The summed E-state index contributed by atoms with van der Waals surface area (Å²) >= 11 is 0. The lowest BCUT2D eigenvalue weighted by Crippen LogP contribution is -2.23. The monoisotopic (exact) mass is 406 g/mol. The Bertz CT molecular complexity index is 1300. The van der Waals surface area contributed by atoms with Gasteiger partial charge in [-0.1, -0.05) is 54.1 Å². The molecule has 0 bridgehead atoms. The number of hydrogen-bond acceptors (Lipinski definition) is 3. The van der Waals surface area contributed by atoms with Crippen molar-refractivity contribution >= 4 is 20.9 Å². The van der Waals surface area contributed by atoms with Gasteiger partial charge in [-0.15, -0.1) is 0 Å². The number of halogens is 1. The molecule has 0 saturated heterocycles. The molecule has 0 fully saturated rings. The lowest BCUT2D eigenvalue weighted by molar-refractivity contribution is 0.578. The maximum atomic E-state index is 14.7. The van der Waals surface area contributed by atoms with E-state index in [1.165, 1.54) is 12.1 Å². The van der Waals surface area contributed by atoms with Crippen LogP contribution in [0.4, 0.5) is 4.39 Å². The van der Waals surface area contributed by atoms with E-state index in [0.29, 0.717) is 11.1 Å². The van der Waals surface area contributed by atoms with Gasteiger partial charge >= 0.3 is 0 Å². The van der Waals surface area contributed by atoms with Crippen LogP contribution < -0.4 is 4.72 Å². The summed E-state index contributed by atoms with van der Waals surface area (Å²) in [6.07, 6.45) is 1.64. The van der Waals surface area contributed by atoms with Crippen LogP contribution in [0.25, 0.3) is 22.0 Å². The van der Waals surface area contributed by atoms with Crippen molar-refractivity contribution in [3.05, 3.63) is 95.9 Å². The van der Waals surface area contributed by atoms with Gasteiger partial charge in [0.2, 0.25) is 10.0 Å². The van der Waals surface area contributed by atoms with Crippen LogP contribution >= 0.6 is 0 Å². The van der Waals surface area contributed by atoms with Crippen molar-refractivity contribution in [3.63, 3.8) is 0 Å². The van der Waals surface area contributed by atoms with Crippen LogP contribution in [-0.4, -0.2) is 13.4 Å². The first-order chi connectivity index (χ1) is 13.9. The number of para-hydroxylation sites is 1. The Morgan fingerprint density at radius 1 is 0.966 bits per heavy atom. The maximum Gasteiger partial charge on any atom is 0.240 e. The molecule has 1 heterocycles. The Hall–Kier alpha value is -3.09. The molecule has 0 atom stereocenters. The van der Waals surface area contributed by atoms with E-state index in [-0.39, 0.29) is 11.4 Å². The Kier molecular flexibility index (Phi) is 5.13. The number of aromatic nitrogens is 1. The molecule has 0 radical (unpaired) electrons. The summed E-state index contributed by atoms with van der Waals surface area (Å²) in [7, 11) is -3.87. The molecular weight excluding hydrogens is 387 g/mol. The Morgan fingerprint density at radius 3 is 2.59 bits per heavy atom. The largest absolute Gasteiger partial charge is 0.256 e. The van der Waals surface area contributed by atoms with Crippen molar-refractivity contribution in [3.8, 4) is 11.1 Å². The lowest BCUT2D eigenvalue weighted by atomic mass is 10.0. The van der Waals surface area contributed by atoms with Crippen molar-refractivity contribution in [1.29, 1.82) is 0 Å². The summed E-state index contributed by atoms with van der Waals surface area (Å²) in [5.74, 6) is -0.576. The topological polar surface area (TPSA) is 59.1 Å². The molecule has 4 nitrogen and oxygen atoms in total. The molecule has 0 aliphatic heterocycles. The van der Waals surface area contributed by atoms with Gasteiger partial charge in [0, 0.05) is 23.7 Å². The average molecular weight is 406 g/mol. The molecule has 1 N–H and O–H groups in total. The standard InChI is InChI=1S/C23H19FN2O2S/c1-16-5-4-6-17(13-16)20-10-9-19(14-22(20)24)29(27,28)26-15-18-11-12-25-23-8-3-2-7-21(18)23/h2-14,26H,15H2,1H3. The summed E-state index contributed by atoms with van der Waals surface area (Å²) < 4.78 is 42.6. The molecule has 0 spiro atoms. The van der Waals surface area contributed by atoms with Crippen LogP contribution in [0.15, 0.2) is 83.9 Å². The SMILES string of the molecule is Cc1cccc(-c2ccc(S(=O)(=O)NCc3ccnc4ccccc34)cc2F)c1. The third kappa shape index (κ3) is 4.04. The molecule has 0 unspecified atom stereocenters. The van der Waals surface area contributed by atoms with Crippen LogP contribution in [0, 0.1) is 12.7 Å². The highest BCUT2D eigenvalue weighted by Crippen LogP contribution is 2.26. The van der Waals surface area contributed by atoms with Crippen molar-refractivity contribution < 1.29 is 12.8 Å². The van der Waals surface area contributed by atoms with Crippen LogP contribution in [-0.2, 0) is 16.6 Å². The first-order valence-corrected chi connectivity index (χ1v) is 10.6. The molecule has 4 rings (SSSR count). The number of nitrogens with zero attached hydrogens (tertiary/aromatic N) is 1. The zero-order chi connectivity index (χ0) is 20.4. The zero-order valence-electron chi connectivity index (χ0n) is 15.8. The number of hydrogen-bond donors (Lipinski definition) is 1. The minimum absolute atomic E-state index is 0.0899. The molecule has 0 amide bonds. The fourth-order valence-corrected chi connectivity index (χ4v) is 4.29. The van der Waals surface area contributed by atoms with Gasteiger partial charge in [0.1, 0.15) is 5.82 Å². The smallest absolute Gasteiger partial charge is 0.240 e. The van der Waals surface area contributed by atoms with Gasteiger partial charge in [-0.2, -0.15) is 0 Å². The fourth-order valence-electron chi connectivity index (χ4n) is 3.28. The van der Waals surface area contributed by atoms with Gasteiger partial charge in [0.15, 0.2) is 0 Å². The van der Waals surface area contributed by atoms with E-state index in [1.807, 2.05) is 49.4 Å². The van der Waals surface area contributed by atoms with E-state index in [2.05, 4.69) is 9.71 Å². The van der Waals surface area contributed by atoms with Gasteiger partial charge in [-0.3, -0.25) is 4.98 Å². The summed E-state index contributed by atoms with van der Waals surface area (Å²) in [6.45, 7) is 2.01. The Balaban J connectivity index is 1.60. The molecule has 1 aromatic heterocycles. The van der Waals surface area contributed by atoms with Crippen LogP contribution in [0.5, 0.6) is 0 Å². The number of aryl methyl sites for hydroxylation is 1. The van der Waals surface area contributed by atoms with Crippen LogP contribution in [0.1, 0.15) is 11.1 Å². The normalized spacial score (nSPS) is 11.7. The van der Waals surface area contributed by atoms with E-state index in [1.54, 1.807) is 18.3 Å². The van der Waals surface area contributed by atoms with Crippen molar-refractivity contribution in [2.75, 3.05) is 0 Å². The van der Waals surface area contributed by atoms with Gasteiger partial charge in [-0.05, 0) is 42.3 Å². The first kappa shape index (κ1) is 19.2. The average Bonchev–Trinajstić information content (AvgIpc) is 2.72. The van der Waals surface area contributed by atoms with Gasteiger partial charge < -0.3 is 0 Å². The van der Waals surface area contributed by atoms with Crippen LogP contribution in [0.2, 0.25) is 0 Å². The number of nitrogens with one attached hydrogen (secondary N) is 1. The van der Waals surface area contributed by atoms with E-state index in [9.17, 15) is 12.8 Å². The third-order valence-corrected chi connectivity index (χ3v) is 6.17. The minimum atomic E-state index is -3.87. The van der Waals surface area contributed by atoms with E-state index in [0.717, 1.165) is 28.1 Å². The maximum absolute atomic E-state index is 14.7. The zero-order valence-corrected chi connectivity index (χ0v) is 16.6. The second kappa shape index (κ2) is 7.73. The van der Waals surface area contributed by atoms with Crippen molar-refractivity contribution in [1.82, 2.24) is 9.71 Å². The molecule has 0 aliphatic carbocycles. The number of rotatable bonds is 5. The highest BCUT2D eigenvalue weighted by atomic mass is 32.2. The fraction of sp³-hybridized carbons (Fsp3) is 0.0870. The molecular formula is C23H19FN2O2S. The second-order valence-electron chi connectivity index (χ2n) is 6.82. The molecule has 4 aromatic rings. The quantitative estimate of drug-likeness (QED) is 0.517. The summed E-state index contributed by atoms with van der Waals surface area (Å²) in [5, 5.41) is 0.874. The van der Waals surface area contributed by atoms with Gasteiger partial charge in [-0.25, -0.2) is 17.5 Å². The molecule has 29 heavy (non-hydrogen) atoms. The van der Waals surface area contributed by atoms with E-state index in [4.69, 9.17) is 0 Å². The molecule has 0 saturated carbocycles. The number of benzene rings is 3. The highest BCUT2D eigenvalue weighted by molar-refractivity contribution is 7.89. The molecule has 146 valence electrons. The van der Waals surface area contributed by atoms with Crippen LogP contribution in [0.3, 0.4) is 0 Å². The summed E-state index contributed by atoms with van der Waals surface area (Å²) in [4.78, 5) is 4.17. The number of fused-ring (bicyclic) bond motifs is 1. The highest BCUT2D eigenvalue weighted by Gasteiger charge is 2.17. The Labute approximate surface area is 169 Å². The molecule has 0 aliphatic rings. The van der Waals surface area contributed by atoms with Gasteiger partial charge in [0.25, 0.3) is 0 Å². The number of pyridine rings is 1. The molecule has 6 heteroatoms. The van der Waals surface area contributed by atoms with E-state index >= 15 is 0 Å². The predicted molar refractivity (Wildman–Crippen MR) is 112 cm³/mol. The molecule has 3 aromatic carbocycles. The lowest BCUT2D eigenvalue weighted by Gasteiger charge is -2.11. The minimum Gasteiger partial charge on any atom is -0.256 e. The Morgan fingerprint density at radius 2 is 1.79 bits per heavy atom. The predicted octanol–water partition coefficient (Wildman–Crippen LogP) is 4.83. The second-order valence-corrected chi connectivity index (χ2v) is 8.59. The third-order valence-electron chi connectivity index (χ3n) is 4.77. The first-order valence-electron chi connectivity index (χ1n) is 9.13.